The number of hydrogen-bond acceptors (Lipinski definition) is 0. The lowest BCUT2D eigenvalue weighted by Gasteiger charge is -2.14. The predicted molar refractivity (Wildman–Crippen MR) is 102 cm³/mol. The van der Waals surface area contributed by atoms with Gasteiger partial charge in [-0.05, 0) is 45.5 Å². The van der Waals surface area contributed by atoms with Gasteiger partial charge in [-0.2, -0.15) is 0 Å². The first-order valence-corrected chi connectivity index (χ1v) is 8.14. The van der Waals surface area contributed by atoms with Crippen molar-refractivity contribution in [2.24, 2.45) is 0 Å². The van der Waals surface area contributed by atoms with Crippen molar-refractivity contribution in [3.8, 4) is 33.4 Å². The Labute approximate surface area is 143 Å². The van der Waals surface area contributed by atoms with Crippen molar-refractivity contribution in [1.82, 2.24) is 0 Å². The summed E-state index contributed by atoms with van der Waals surface area (Å²) in [5.74, 6) is 0. The van der Waals surface area contributed by atoms with E-state index in [2.05, 4.69) is 91.0 Å². The van der Waals surface area contributed by atoms with Gasteiger partial charge in [0.2, 0.25) is 0 Å². The molecular formula is C24H17. The van der Waals surface area contributed by atoms with Crippen LogP contribution in [0.1, 0.15) is 0 Å². The van der Waals surface area contributed by atoms with Crippen LogP contribution in [0.5, 0.6) is 0 Å². The van der Waals surface area contributed by atoms with Crippen molar-refractivity contribution < 1.29 is 0 Å². The number of benzene rings is 4. The van der Waals surface area contributed by atoms with Gasteiger partial charge in [0.25, 0.3) is 0 Å². The van der Waals surface area contributed by atoms with Crippen LogP contribution in [0.25, 0.3) is 33.4 Å². The van der Waals surface area contributed by atoms with E-state index in [1.165, 1.54) is 33.4 Å². The minimum Gasteiger partial charge on any atom is -0.0622 e. The fourth-order valence-corrected chi connectivity index (χ4v) is 3.12. The Hall–Kier alpha value is -3.12. The molecule has 0 aromatic heterocycles. The second kappa shape index (κ2) is 6.55. The van der Waals surface area contributed by atoms with Gasteiger partial charge in [0, 0.05) is 0 Å². The maximum Gasteiger partial charge on any atom is -0.00992 e. The molecule has 0 N–H and O–H groups in total. The Kier molecular flexibility index (Phi) is 3.95. The van der Waals surface area contributed by atoms with E-state index in [9.17, 15) is 0 Å². The highest BCUT2D eigenvalue weighted by molar-refractivity contribution is 5.91. The van der Waals surface area contributed by atoms with Gasteiger partial charge >= 0.3 is 0 Å². The van der Waals surface area contributed by atoms with Crippen molar-refractivity contribution in [2.45, 2.75) is 0 Å². The molecule has 0 spiro atoms. The maximum absolute atomic E-state index is 3.18. The Bertz CT molecular complexity index is 857. The van der Waals surface area contributed by atoms with Gasteiger partial charge in [0.05, 0.1) is 0 Å². The molecule has 0 aliphatic carbocycles. The van der Waals surface area contributed by atoms with Gasteiger partial charge in [-0.1, -0.05) is 97.1 Å². The van der Waals surface area contributed by atoms with Gasteiger partial charge < -0.3 is 0 Å². The zero-order valence-corrected chi connectivity index (χ0v) is 13.3. The second-order valence-corrected chi connectivity index (χ2v) is 5.75. The molecule has 0 nitrogen and oxygen atoms in total. The van der Waals surface area contributed by atoms with Gasteiger partial charge in [-0.25, -0.2) is 0 Å². The fourth-order valence-electron chi connectivity index (χ4n) is 3.12. The van der Waals surface area contributed by atoms with Crippen LogP contribution in [0.4, 0.5) is 0 Å². The van der Waals surface area contributed by atoms with E-state index in [1.807, 2.05) is 18.2 Å². The molecule has 0 saturated heterocycles. The first-order valence-electron chi connectivity index (χ1n) is 8.14. The fraction of sp³-hybridized carbons (Fsp3) is 0. The van der Waals surface area contributed by atoms with E-state index in [-0.39, 0.29) is 0 Å². The highest BCUT2D eigenvalue weighted by Gasteiger charge is 2.11. The lowest BCUT2D eigenvalue weighted by molar-refractivity contribution is 1.56. The largest absolute Gasteiger partial charge is 0.0622 e. The van der Waals surface area contributed by atoms with E-state index in [0.29, 0.717) is 0 Å². The molecule has 0 aliphatic rings. The molecule has 4 aromatic carbocycles. The van der Waals surface area contributed by atoms with Crippen LogP contribution in [0.15, 0.2) is 103 Å². The summed E-state index contributed by atoms with van der Waals surface area (Å²) in [6, 6.07) is 39.1. The third kappa shape index (κ3) is 2.75. The molecule has 0 atom stereocenters. The van der Waals surface area contributed by atoms with E-state index in [0.717, 1.165) is 0 Å². The number of rotatable bonds is 3. The van der Waals surface area contributed by atoms with Gasteiger partial charge in [0.15, 0.2) is 0 Å². The summed E-state index contributed by atoms with van der Waals surface area (Å²) in [4.78, 5) is 0. The minimum absolute atomic E-state index is 1.19. The third-order valence-electron chi connectivity index (χ3n) is 4.25. The lowest BCUT2D eigenvalue weighted by Crippen LogP contribution is -1.88. The average molecular weight is 305 g/mol. The molecule has 1 radical (unpaired) electrons. The van der Waals surface area contributed by atoms with Gasteiger partial charge in [-0.3, -0.25) is 0 Å². The van der Waals surface area contributed by atoms with E-state index < -0.39 is 0 Å². The van der Waals surface area contributed by atoms with E-state index >= 15 is 0 Å². The zero-order chi connectivity index (χ0) is 16.2. The van der Waals surface area contributed by atoms with Crippen molar-refractivity contribution in [3.63, 3.8) is 0 Å². The van der Waals surface area contributed by atoms with Crippen molar-refractivity contribution in [1.29, 1.82) is 0 Å². The monoisotopic (exact) mass is 305 g/mol. The zero-order valence-electron chi connectivity index (χ0n) is 13.3. The van der Waals surface area contributed by atoms with Crippen LogP contribution in [-0.2, 0) is 0 Å². The smallest absolute Gasteiger partial charge is 0.00992 e. The molecule has 0 saturated carbocycles. The van der Waals surface area contributed by atoms with Gasteiger partial charge in [-0.15, -0.1) is 0 Å². The molecule has 0 fully saturated rings. The van der Waals surface area contributed by atoms with Gasteiger partial charge in [0.1, 0.15) is 0 Å². The van der Waals surface area contributed by atoms with E-state index in [1.54, 1.807) is 0 Å². The molecule has 0 amide bonds. The quantitative estimate of drug-likeness (QED) is 0.406. The molecule has 0 bridgehead atoms. The average Bonchev–Trinajstić information content (AvgIpc) is 2.69. The standard InChI is InChI=1S/C24H17/c1-3-11-19(12-4-1)21-15-7-9-17-23(21)24-18-10-8-16-22(24)20-13-5-2-6-14-20/h1-5,7-18H. The highest BCUT2D eigenvalue weighted by atomic mass is 14.1. The summed E-state index contributed by atoms with van der Waals surface area (Å²) in [7, 11) is 0. The van der Waals surface area contributed by atoms with Crippen LogP contribution < -0.4 is 0 Å². The first kappa shape index (κ1) is 14.5. The third-order valence-corrected chi connectivity index (χ3v) is 4.25. The molecule has 0 heterocycles. The van der Waals surface area contributed by atoms with Crippen molar-refractivity contribution >= 4 is 0 Å². The van der Waals surface area contributed by atoms with Crippen LogP contribution in [-0.4, -0.2) is 0 Å². The second-order valence-electron chi connectivity index (χ2n) is 5.75. The Morgan fingerprint density at radius 3 is 1.50 bits per heavy atom. The SMILES string of the molecule is [c]1cccc(-c2ccccc2-c2ccccc2-c2ccccc2)c1. The van der Waals surface area contributed by atoms with Crippen LogP contribution in [0.3, 0.4) is 0 Å². The summed E-state index contributed by atoms with van der Waals surface area (Å²) < 4.78 is 0. The Balaban J connectivity index is 1.93. The molecule has 0 heteroatoms. The van der Waals surface area contributed by atoms with Crippen molar-refractivity contribution in [3.05, 3.63) is 109 Å². The molecular weight excluding hydrogens is 288 g/mol. The minimum atomic E-state index is 1.19. The summed E-state index contributed by atoms with van der Waals surface area (Å²) in [6.45, 7) is 0. The number of hydrogen-bond donors (Lipinski definition) is 0. The van der Waals surface area contributed by atoms with Crippen molar-refractivity contribution in [2.75, 3.05) is 0 Å². The molecule has 4 aromatic rings. The predicted octanol–water partition coefficient (Wildman–Crippen LogP) is 6.49. The summed E-state index contributed by atoms with van der Waals surface area (Å²) in [5, 5.41) is 0. The molecule has 4 rings (SSSR count). The normalized spacial score (nSPS) is 10.5. The molecule has 0 unspecified atom stereocenters. The molecule has 0 aliphatic heterocycles. The highest BCUT2D eigenvalue weighted by Crippen LogP contribution is 2.37. The maximum atomic E-state index is 3.18. The Morgan fingerprint density at radius 1 is 0.417 bits per heavy atom. The molecule has 113 valence electrons. The summed E-state index contributed by atoms with van der Waals surface area (Å²) >= 11 is 0. The summed E-state index contributed by atoms with van der Waals surface area (Å²) in [5.41, 5.74) is 7.42. The van der Waals surface area contributed by atoms with Crippen LogP contribution in [0.2, 0.25) is 0 Å². The first-order chi connectivity index (χ1) is 11.9. The Morgan fingerprint density at radius 2 is 0.917 bits per heavy atom. The van der Waals surface area contributed by atoms with E-state index in [4.69, 9.17) is 0 Å². The molecule has 24 heavy (non-hydrogen) atoms. The van der Waals surface area contributed by atoms with Crippen LogP contribution in [0, 0.1) is 6.07 Å². The topological polar surface area (TPSA) is 0 Å². The summed E-state index contributed by atoms with van der Waals surface area (Å²) in [6.07, 6.45) is 0. The van der Waals surface area contributed by atoms with Crippen LogP contribution >= 0.6 is 0 Å². The lowest BCUT2D eigenvalue weighted by atomic mass is 9.89.